The summed E-state index contributed by atoms with van der Waals surface area (Å²) in [5, 5.41) is 9.92. The third-order valence-electron chi connectivity index (χ3n) is 5.20. The van der Waals surface area contributed by atoms with Crippen LogP contribution in [0, 0.1) is 17.2 Å². The van der Waals surface area contributed by atoms with Crippen LogP contribution in [0.3, 0.4) is 0 Å². The molecule has 0 bridgehead atoms. The molecule has 0 radical (unpaired) electrons. The smallest absolute Gasteiger partial charge is 0.338 e. The van der Waals surface area contributed by atoms with Crippen molar-refractivity contribution in [2.24, 2.45) is 5.92 Å². The highest BCUT2D eigenvalue weighted by Gasteiger charge is 2.35. The van der Waals surface area contributed by atoms with Gasteiger partial charge in [0.15, 0.2) is 0 Å². The molecule has 1 aliphatic carbocycles. The fraction of sp³-hybridized carbons (Fsp3) is 0.385. The maximum atomic E-state index is 12.2. The second-order valence-corrected chi connectivity index (χ2v) is 9.96. The zero-order valence-corrected chi connectivity index (χ0v) is 19.4. The molecule has 0 N–H and O–H groups in total. The van der Waals surface area contributed by atoms with Gasteiger partial charge in [-0.05, 0) is 75.8 Å². The molecule has 4 nitrogen and oxygen atoms in total. The molecular formula is C26H29NO3S. The Kier molecular flexibility index (Phi) is 7.46. The fourth-order valence-corrected chi connectivity index (χ4v) is 5.06. The summed E-state index contributed by atoms with van der Waals surface area (Å²) >= 11 is 1.75. The monoisotopic (exact) mass is 435 g/mol. The number of aryl methyl sites for hydroxylation is 1. The van der Waals surface area contributed by atoms with Crippen LogP contribution in [0.1, 0.15) is 49.5 Å². The summed E-state index contributed by atoms with van der Waals surface area (Å²) < 4.78 is 11.1. The predicted molar refractivity (Wildman–Crippen MR) is 124 cm³/mol. The van der Waals surface area contributed by atoms with E-state index < -0.39 is 5.60 Å². The van der Waals surface area contributed by atoms with Gasteiger partial charge < -0.3 is 9.47 Å². The van der Waals surface area contributed by atoms with E-state index >= 15 is 0 Å². The van der Waals surface area contributed by atoms with E-state index in [1.807, 2.05) is 63.2 Å². The number of thioether (sulfide) groups is 1. The van der Waals surface area contributed by atoms with Gasteiger partial charge in [-0.2, -0.15) is 5.26 Å². The van der Waals surface area contributed by atoms with Crippen LogP contribution >= 0.6 is 11.8 Å². The number of allylic oxidation sites excluding steroid dienone is 1. The average Bonchev–Trinajstić information content (AvgIpc) is 3.08. The fourth-order valence-electron chi connectivity index (χ4n) is 3.76. The zero-order valence-electron chi connectivity index (χ0n) is 18.6. The van der Waals surface area contributed by atoms with E-state index in [9.17, 15) is 10.1 Å². The lowest BCUT2D eigenvalue weighted by Crippen LogP contribution is -2.23. The number of methoxy groups -OCH3 is 1. The van der Waals surface area contributed by atoms with Crippen LogP contribution < -0.4 is 0 Å². The summed E-state index contributed by atoms with van der Waals surface area (Å²) in [6, 6.07) is 20.2. The Balaban J connectivity index is 1.64. The van der Waals surface area contributed by atoms with Crippen LogP contribution in [0.2, 0.25) is 0 Å². The summed E-state index contributed by atoms with van der Waals surface area (Å²) in [7, 11) is 1.66. The summed E-state index contributed by atoms with van der Waals surface area (Å²) in [6.07, 6.45) is 2.60. The van der Waals surface area contributed by atoms with Gasteiger partial charge in [0.2, 0.25) is 0 Å². The van der Waals surface area contributed by atoms with Crippen molar-refractivity contribution in [1.29, 1.82) is 5.26 Å². The highest BCUT2D eigenvalue weighted by Crippen LogP contribution is 2.43. The number of hydrogen-bond acceptors (Lipinski definition) is 5. The van der Waals surface area contributed by atoms with Gasteiger partial charge in [-0.15, -0.1) is 11.8 Å². The molecule has 1 aliphatic rings. The molecule has 162 valence electrons. The standard InChI is InChI=1S/C26H29NO3S/c1-26(2,3)30-25(28)19-13-10-18(11-14-19)12-15-20-16-23(24(29-4)22(20)17-27)31-21-8-6-5-7-9-21/h5-11,13-14,20,23H,12,15-16H2,1-4H3. The van der Waals surface area contributed by atoms with Gasteiger partial charge in [-0.25, -0.2) is 4.79 Å². The molecule has 31 heavy (non-hydrogen) atoms. The SMILES string of the molecule is COC1=C(C#N)C(CCc2ccc(C(=O)OC(C)(C)C)cc2)CC1Sc1ccccc1. The molecule has 0 saturated heterocycles. The van der Waals surface area contributed by atoms with Crippen molar-refractivity contribution >= 4 is 17.7 Å². The van der Waals surface area contributed by atoms with Gasteiger partial charge in [0.1, 0.15) is 11.4 Å². The molecular weight excluding hydrogens is 406 g/mol. The third-order valence-corrected chi connectivity index (χ3v) is 6.43. The van der Waals surface area contributed by atoms with Crippen molar-refractivity contribution in [3.05, 3.63) is 77.1 Å². The number of hydrogen-bond donors (Lipinski definition) is 0. The van der Waals surface area contributed by atoms with E-state index in [2.05, 4.69) is 18.2 Å². The lowest BCUT2D eigenvalue weighted by atomic mass is 9.94. The Bertz CT molecular complexity index is 968. The van der Waals surface area contributed by atoms with Crippen molar-refractivity contribution in [1.82, 2.24) is 0 Å². The highest BCUT2D eigenvalue weighted by atomic mass is 32.2. The summed E-state index contributed by atoms with van der Waals surface area (Å²) in [4.78, 5) is 13.4. The van der Waals surface area contributed by atoms with Gasteiger partial charge in [0.05, 0.1) is 29.6 Å². The molecule has 2 aromatic rings. The third kappa shape index (κ3) is 6.15. The van der Waals surface area contributed by atoms with Gasteiger partial charge in [-0.3, -0.25) is 0 Å². The minimum Gasteiger partial charge on any atom is -0.499 e. The zero-order chi connectivity index (χ0) is 22.4. The molecule has 0 saturated carbocycles. The summed E-state index contributed by atoms with van der Waals surface area (Å²) in [6.45, 7) is 5.58. The maximum absolute atomic E-state index is 12.2. The molecule has 0 aromatic heterocycles. The van der Waals surface area contributed by atoms with Crippen LogP contribution in [-0.4, -0.2) is 23.9 Å². The molecule has 0 spiro atoms. The second kappa shape index (κ2) is 10.1. The molecule has 0 aliphatic heterocycles. The summed E-state index contributed by atoms with van der Waals surface area (Å²) in [5.41, 5.74) is 1.95. The Labute approximate surface area is 189 Å². The van der Waals surface area contributed by atoms with Gasteiger partial charge >= 0.3 is 5.97 Å². The van der Waals surface area contributed by atoms with Gasteiger partial charge in [-0.1, -0.05) is 30.3 Å². The topological polar surface area (TPSA) is 59.3 Å². The van der Waals surface area contributed by atoms with Crippen molar-refractivity contribution in [2.45, 2.75) is 55.8 Å². The first-order valence-corrected chi connectivity index (χ1v) is 11.4. The maximum Gasteiger partial charge on any atom is 0.338 e. The van der Waals surface area contributed by atoms with E-state index in [-0.39, 0.29) is 17.1 Å². The Morgan fingerprint density at radius 2 is 1.81 bits per heavy atom. The number of esters is 1. The van der Waals surface area contributed by atoms with Crippen molar-refractivity contribution in [3.63, 3.8) is 0 Å². The molecule has 5 heteroatoms. The quantitative estimate of drug-likeness (QED) is 0.486. The minimum absolute atomic E-state index is 0.154. The van der Waals surface area contributed by atoms with Crippen LogP contribution in [0.5, 0.6) is 0 Å². The molecule has 2 atom stereocenters. The molecule has 0 heterocycles. The molecule has 3 rings (SSSR count). The van der Waals surface area contributed by atoms with Crippen LogP contribution in [0.15, 0.2) is 70.8 Å². The largest absolute Gasteiger partial charge is 0.499 e. The van der Waals surface area contributed by atoms with E-state index in [4.69, 9.17) is 9.47 Å². The predicted octanol–water partition coefficient (Wildman–Crippen LogP) is 6.18. The van der Waals surface area contributed by atoms with Crippen LogP contribution in [-0.2, 0) is 15.9 Å². The van der Waals surface area contributed by atoms with Crippen molar-refractivity contribution in [2.75, 3.05) is 7.11 Å². The number of nitriles is 1. The first-order chi connectivity index (χ1) is 14.8. The minimum atomic E-state index is -0.508. The lowest BCUT2D eigenvalue weighted by Gasteiger charge is -2.19. The first kappa shape index (κ1) is 23.0. The lowest BCUT2D eigenvalue weighted by molar-refractivity contribution is 0.00695. The van der Waals surface area contributed by atoms with Crippen LogP contribution in [0.4, 0.5) is 0 Å². The van der Waals surface area contributed by atoms with E-state index in [1.54, 1.807) is 18.9 Å². The molecule has 0 amide bonds. The van der Waals surface area contributed by atoms with E-state index in [0.717, 1.165) is 36.2 Å². The number of rotatable bonds is 7. The average molecular weight is 436 g/mol. The van der Waals surface area contributed by atoms with Crippen molar-refractivity contribution in [3.8, 4) is 6.07 Å². The number of ether oxygens (including phenoxy) is 2. The van der Waals surface area contributed by atoms with Crippen LogP contribution in [0.25, 0.3) is 0 Å². The van der Waals surface area contributed by atoms with E-state index in [1.165, 1.54) is 4.90 Å². The summed E-state index contributed by atoms with van der Waals surface area (Å²) in [5.74, 6) is 0.670. The first-order valence-electron chi connectivity index (χ1n) is 10.5. The molecule has 0 fully saturated rings. The highest BCUT2D eigenvalue weighted by molar-refractivity contribution is 8.00. The Morgan fingerprint density at radius 1 is 1.13 bits per heavy atom. The molecule has 2 unspecified atom stereocenters. The number of benzene rings is 2. The van der Waals surface area contributed by atoms with Gasteiger partial charge in [0, 0.05) is 4.90 Å². The number of carbonyl (C=O) groups excluding carboxylic acids is 1. The van der Waals surface area contributed by atoms with E-state index in [0.29, 0.717) is 5.56 Å². The normalized spacial score (nSPS) is 18.5. The Morgan fingerprint density at radius 3 is 2.39 bits per heavy atom. The number of carbonyl (C=O) groups is 1. The number of nitrogens with zero attached hydrogens (tertiary/aromatic N) is 1. The Hall–Kier alpha value is -2.71. The van der Waals surface area contributed by atoms with Crippen molar-refractivity contribution < 1.29 is 14.3 Å². The molecule has 2 aromatic carbocycles. The second-order valence-electron chi connectivity index (χ2n) is 8.68. The van der Waals surface area contributed by atoms with Gasteiger partial charge in [0.25, 0.3) is 0 Å².